The van der Waals surface area contributed by atoms with Crippen LogP contribution in [0, 0.1) is 0 Å². The van der Waals surface area contributed by atoms with Gasteiger partial charge in [-0.05, 0) is 25.1 Å². The third-order valence-corrected chi connectivity index (χ3v) is 2.97. The van der Waals surface area contributed by atoms with Crippen LogP contribution in [0.1, 0.15) is 17.4 Å². The van der Waals surface area contributed by atoms with Gasteiger partial charge in [0.05, 0.1) is 18.5 Å². The van der Waals surface area contributed by atoms with Gasteiger partial charge in [0.1, 0.15) is 5.75 Å². The number of nitrogens with two attached hydrogens (primary N) is 1. The Morgan fingerprint density at radius 3 is 2.90 bits per heavy atom. The molecule has 0 aliphatic heterocycles. The molecule has 0 bridgehead atoms. The van der Waals surface area contributed by atoms with Gasteiger partial charge in [0, 0.05) is 17.8 Å². The van der Waals surface area contributed by atoms with Gasteiger partial charge in [-0.2, -0.15) is 5.10 Å². The van der Waals surface area contributed by atoms with Gasteiger partial charge in [0.25, 0.3) is 5.91 Å². The number of carbonyl (C=O) groups excluding carboxylic acids is 1. The van der Waals surface area contributed by atoms with Crippen LogP contribution in [-0.2, 0) is 6.54 Å². The monoisotopic (exact) mass is 294 g/mol. The lowest BCUT2D eigenvalue weighted by molar-refractivity contribution is 0.102. The SMILES string of the molecule is CCn1cc(N)c(C(=O)Nc2cc(Cl)ccc2OC)n1. The summed E-state index contributed by atoms with van der Waals surface area (Å²) >= 11 is 5.91. The number of aromatic nitrogens is 2. The van der Waals surface area contributed by atoms with E-state index in [-0.39, 0.29) is 5.69 Å². The Balaban J connectivity index is 2.27. The quantitative estimate of drug-likeness (QED) is 0.907. The second-order valence-electron chi connectivity index (χ2n) is 4.09. The average molecular weight is 295 g/mol. The second kappa shape index (κ2) is 5.83. The minimum absolute atomic E-state index is 0.175. The van der Waals surface area contributed by atoms with Crippen LogP contribution < -0.4 is 15.8 Å². The molecule has 0 unspecified atom stereocenters. The molecule has 2 aromatic rings. The van der Waals surface area contributed by atoms with Crippen molar-refractivity contribution in [2.75, 3.05) is 18.2 Å². The van der Waals surface area contributed by atoms with E-state index in [1.54, 1.807) is 29.1 Å². The molecule has 0 fully saturated rings. The number of hydrogen-bond donors (Lipinski definition) is 2. The molecule has 0 aliphatic carbocycles. The van der Waals surface area contributed by atoms with Gasteiger partial charge >= 0.3 is 0 Å². The van der Waals surface area contributed by atoms with Crippen LogP contribution in [0.2, 0.25) is 5.02 Å². The molecule has 6 nitrogen and oxygen atoms in total. The highest BCUT2D eigenvalue weighted by Gasteiger charge is 2.16. The molecule has 20 heavy (non-hydrogen) atoms. The molecular weight excluding hydrogens is 280 g/mol. The normalized spacial score (nSPS) is 10.3. The standard InChI is InChI=1S/C13H15ClN4O2/c1-3-18-7-9(15)12(17-18)13(19)16-10-6-8(14)4-5-11(10)20-2/h4-7H,3,15H2,1-2H3,(H,16,19). The maximum Gasteiger partial charge on any atom is 0.278 e. The number of ether oxygens (including phenoxy) is 1. The molecule has 7 heteroatoms. The van der Waals surface area contributed by atoms with E-state index in [0.717, 1.165) is 0 Å². The van der Waals surface area contributed by atoms with Gasteiger partial charge < -0.3 is 15.8 Å². The molecule has 1 aromatic heterocycles. The molecule has 106 valence electrons. The average Bonchev–Trinajstić information content (AvgIpc) is 2.80. The van der Waals surface area contributed by atoms with Crippen molar-refractivity contribution in [3.8, 4) is 5.75 Å². The molecular formula is C13H15ClN4O2. The summed E-state index contributed by atoms with van der Waals surface area (Å²) in [4.78, 5) is 12.2. The fourth-order valence-corrected chi connectivity index (χ4v) is 1.91. The van der Waals surface area contributed by atoms with Crippen LogP contribution >= 0.6 is 11.6 Å². The van der Waals surface area contributed by atoms with Crippen LogP contribution in [0.4, 0.5) is 11.4 Å². The van der Waals surface area contributed by atoms with E-state index in [1.165, 1.54) is 7.11 Å². The maximum absolute atomic E-state index is 12.2. The Morgan fingerprint density at radius 2 is 2.30 bits per heavy atom. The molecule has 1 aromatic carbocycles. The van der Waals surface area contributed by atoms with Crippen LogP contribution in [0.15, 0.2) is 24.4 Å². The molecule has 2 rings (SSSR count). The summed E-state index contributed by atoms with van der Waals surface area (Å²) in [6.45, 7) is 2.55. The first-order chi connectivity index (χ1) is 9.55. The second-order valence-corrected chi connectivity index (χ2v) is 4.52. The van der Waals surface area contributed by atoms with E-state index >= 15 is 0 Å². The number of amides is 1. The number of methoxy groups -OCH3 is 1. The topological polar surface area (TPSA) is 82.2 Å². The third kappa shape index (κ3) is 2.85. The third-order valence-electron chi connectivity index (χ3n) is 2.74. The lowest BCUT2D eigenvalue weighted by atomic mass is 10.2. The number of rotatable bonds is 4. The first kappa shape index (κ1) is 14.2. The van der Waals surface area contributed by atoms with Gasteiger partial charge in [-0.25, -0.2) is 0 Å². The summed E-state index contributed by atoms with van der Waals surface area (Å²) in [6, 6.07) is 4.95. The van der Waals surface area contributed by atoms with E-state index in [0.29, 0.717) is 28.7 Å². The van der Waals surface area contributed by atoms with Crippen molar-refractivity contribution in [1.82, 2.24) is 9.78 Å². The van der Waals surface area contributed by atoms with Crippen molar-refractivity contribution in [1.29, 1.82) is 0 Å². The highest BCUT2D eigenvalue weighted by Crippen LogP contribution is 2.28. The Hall–Kier alpha value is -2.21. The summed E-state index contributed by atoms with van der Waals surface area (Å²) in [6.07, 6.45) is 1.62. The van der Waals surface area contributed by atoms with Crippen LogP contribution in [0.3, 0.4) is 0 Å². The van der Waals surface area contributed by atoms with Crippen LogP contribution in [0.25, 0.3) is 0 Å². The number of nitrogens with one attached hydrogen (secondary N) is 1. The number of nitrogen functional groups attached to an aromatic ring is 1. The molecule has 0 saturated heterocycles. The molecule has 0 radical (unpaired) electrons. The number of nitrogens with zero attached hydrogens (tertiary/aromatic N) is 2. The predicted molar refractivity (Wildman–Crippen MR) is 78.3 cm³/mol. The maximum atomic E-state index is 12.2. The Bertz CT molecular complexity index is 639. The van der Waals surface area contributed by atoms with Gasteiger partial charge in [0.15, 0.2) is 5.69 Å². The Morgan fingerprint density at radius 1 is 1.55 bits per heavy atom. The molecule has 0 spiro atoms. The summed E-state index contributed by atoms with van der Waals surface area (Å²) < 4.78 is 6.76. The fraction of sp³-hybridized carbons (Fsp3) is 0.231. The lowest BCUT2D eigenvalue weighted by Crippen LogP contribution is -2.15. The van der Waals surface area contributed by atoms with Gasteiger partial charge in [-0.1, -0.05) is 11.6 Å². The fourth-order valence-electron chi connectivity index (χ4n) is 1.73. The van der Waals surface area contributed by atoms with Crippen LogP contribution in [0.5, 0.6) is 5.75 Å². The van der Waals surface area contributed by atoms with Crippen molar-refractivity contribution in [3.05, 3.63) is 35.1 Å². The van der Waals surface area contributed by atoms with E-state index in [9.17, 15) is 4.79 Å². The minimum atomic E-state index is -0.407. The van der Waals surface area contributed by atoms with E-state index < -0.39 is 5.91 Å². The number of aryl methyl sites for hydroxylation is 1. The first-order valence-electron chi connectivity index (χ1n) is 6.03. The number of carbonyl (C=O) groups is 1. The smallest absolute Gasteiger partial charge is 0.278 e. The van der Waals surface area contributed by atoms with E-state index in [4.69, 9.17) is 22.1 Å². The zero-order valence-corrected chi connectivity index (χ0v) is 11.9. The summed E-state index contributed by atoms with van der Waals surface area (Å²) in [7, 11) is 1.51. The van der Waals surface area contributed by atoms with Crippen molar-refractivity contribution in [3.63, 3.8) is 0 Å². The highest BCUT2D eigenvalue weighted by molar-refractivity contribution is 6.31. The van der Waals surface area contributed by atoms with Crippen molar-refractivity contribution in [2.24, 2.45) is 0 Å². The molecule has 3 N–H and O–H groups in total. The van der Waals surface area contributed by atoms with E-state index in [1.807, 2.05) is 6.92 Å². The summed E-state index contributed by atoms with van der Waals surface area (Å²) in [5, 5.41) is 7.29. The molecule has 0 aliphatic rings. The predicted octanol–water partition coefficient (Wildman–Crippen LogP) is 2.40. The summed E-state index contributed by atoms with van der Waals surface area (Å²) in [5.74, 6) is 0.103. The van der Waals surface area contributed by atoms with Crippen LogP contribution in [-0.4, -0.2) is 22.8 Å². The summed E-state index contributed by atoms with van der Waals surface area (Å²) in [5.41, 5.74) is 6.74. The van der Waals surface area contributed by atoms with Gasteiger partial charge in [0.2, 0.25) is 0 Å². The molecule has 0 saturated carbocycles. The Kier molecular flexibility index (Phi) is 4.14. The molecule has 1 heterocycles. The number of hydrogen-bond acceptors (Lipinski definition) is 4. The van der Waals surface area contributed by atoms with Gasteiger partial charge in [-0.15, -0.1) is 0 Å². The Labute approximate surface area is 121 Å². The largest absolute Gasteiger partial charge is 0.495 e. The van der Waals surface area contributed by atoms with Gasteiger partial charge in [-0.3, -0.25) is 9.48 Å². The molecule has 1 amide bonds. The van der Waals surface area contributed by atoms with Crippen molar-refractivity contribution in [2.45, 2.75) is 13.5 Å². The number of anilines is 2. The number of benzene rings is 1. The van der Waals surface area contributed by atoms with Crippen molar-refractivity contribution < 1.29 is 9.53 Å². The first-order valence-corrected chi connectivity index (χ1v) is 6.40. The minimum Gasteiger partial charge on any atom is -0.495 e. The highest BCUT2D eigenvalue weighted by atomic mass is 35.5. The zero-order chi connectivity index (χ0) is 14.7. The lowest BCUT2D eigenvalue weighted by Gasteiger charge is -2.09. The van der Waals surface area contributed by atoms with E-state index in [2.05, 4.69) is 10.4 Å². The zero-order valence-electron chi connectivity index (χ0n) is 11.2. The van der Waals surface area contributed by atoms with Crippen molar-refractivity contribution >= 4 is 28.9 Å². The number of halogens is 1. The molecule has 0 atom stereocenters.